The van der Waals surface area contributed by atoms with Gasteiger partial charge in [0.2, 0.25) is 0 Å². The summed E-state index contributed by atoms with van der Waals surface area (Å²) in [5.74, 6) is -2.06. The zero-order valence-corrected chi connectivity index (χ0v) is 17.3. The number of halogens is 3. The Morgan fingerprint density at radius 1 is 1.06 bits per heavy atom. The van der Waals surface area contributed by atoms with Crippen LogP contribution in [0.2, 0.25) is 0 Å². The predicted octanol–water partition coefficient (Wildman–Crippen LogP) is 3.44. The highest BCUT2D eigenvalue weighted by Gasteiger charge is 2.38. The molecule has 0 aliphatic carbocycles. The molecule has 2 aliphatic rings. The van der Waals surface area contributed by atoms with E-state index in [1.54, 1.807) is 4.90 Å². The van der Waals surface area contributed by atoms with Crippen LogP contribution >= 0.6 is 0 Å². The molecule has 10 heteroatoms. The van der Waals surface area contributed by atoms with Crippen LogP contribution in [-0.4, -0.2) is 67.1 Å². The van der Waals surface area contributed by atoms with Crippen LogP contribution in [0.1, 0.15) is 31.2 Å². The number of likely N-dealkylation sites (tertiary alicyclic amines) is 1. The van der Waals surface area contributed by atoms with Crippen LogP contribution in [0.15, 0.2) is 30.3 Å². The highest BCUT2D eigenvalue weighted by atomic mass is 19.4. The lowest BCUT2D eigenvalue weighted by Gasteiger charge is -2.32. The number of piperidine rings is 2. The monoisotopic (exact) mass is 446 g/mol. The van der Waals surface area contributed by atoms with Crippen LogP contribution in [0, 0.1) is 5.92 Å². The first-order valence-electron chi connectivity index (χ1n) is 10.3. The van der Waals surface area contributed by atoms with E-state index in [0.717, 1.165) is 51.2 Å². The van der Waals surface area contributed by atoms with Crippen molar-refractivity contribution in [3.63, 3.8) is 0 Å². The van der Waals surface area contributed by atoms with E-state index in [4.69, 9.17) is 19.4 Å². The number of aliphatic carboxylic acids is 1. The number of rotatable bonds is 5. The van der Waals surface area contributed by atoms with Crippen molar-refractivity contribution in [1.82, 2.24) is 10.2 Å². The number of ether oxygens (including phenoxy) is 2. The highest BCUT2D eigenvalue weighted by Crippen LogP contribution is 2.19. The molecule has 0 saturated carbocycles. The number of carboxylic acid groups (broad SMARTS) is 1. The van der Waals surface area contributed by atoms with Crippen molar-refractivity contribution in [3.05, 3.63) is 35.9 Å². The summed E-state index contributed by atoms with van der Waals surface area (Å²) in [5.41, 5.74) is 1.02. The number of carbonyl (C=O) groups excluding carboxylic acids is 1. The van der Waals surface area contributed by atoms with Gasteiger partial charge in [-0.15, -0.1) is 0 Å². The van der Waals surface area contributed by atoms with Crippen molar-refractivity contribution in [3.8, 4) is 0 Å². The summed E-state index contributed by atoms with van der Waals surface area (Å²) in [6.07, 6.45) is -0.764. The summed E-state index contributed by atoms with van der Waals surface area (Å²) in [6.45, 7) is 4.88. The van der Waals surface area contributed by atoms with Gasteiger partial charge in [0.1, 0.15) is 6.61 Å². The smallest absolute Gasteiger partial charge is 0.475 e. The van der Waals surface area contributed by atoms with Crippen LogP contribution in [-0.2, 0) is 20.9 Å². The van der Waals surface area contributed by atoms with E-state index in [2.05, 4.69) is 5.32 Å². The third-order valence-corrected chi connectivity index (χ3v) is 5.17. The van der Waals surface area contributed by atoms with Crippen molar-refractivity contribution < 1.29 is 37.3 Å². The van der Waals surface area contributed by atoms with E-state index in [-0.39, 0.29) is 12.2 Å². The Kier molecular flexibility index (Phi) is 10.1. The molecule has 1 amide bonds. The molecule has 0 aromatic heterocycles. The average molecular weight is 446 g/mol. The van der Waals surface area contributed by atoms with Crippen molar-refractivity contribution in [1.29, 1.82) is 0 Å². The van der Waals surface area contributed by atoms with Crippen LogP contribution in [0.25, 0.3) is 0 Å². The van der Waals surface area contributed by atoms with Crippen LogP contribution < -0.4 is 5.32 Å². The van der Waals surface area contributed by atoms with Gasteiger partial charge < -0.3 is 24.8 Å². The van der Waals surface area contributed by atoms with Crippen molar-refractivity contribution >= 4 is 12.1 Å². The predicted molar refractivity (Wildman–Crippen MR) is 106 cm³/mol. The Morgan fingerprint density at radius 3 is 2.19 bits per heavy atom. The standard InChI is InChI=1S/C19H28N2O3.C2HF3O2/c22-19(24-15-16-4-2-1-3-5-16)21-12-8-18(9-13-21)23-14-17-6-10-20-11-7-17;3-2(4,5)1(6)7/h1-5,17-18,20H,6-15H2;(H,6,7). The minimum absolute atomic E-state index is 0.212. The average Bonchev–Trinajstić information content (AvgIpc) is 2.77. The molecule has 0 radical (unpaired) electrons. The normalized spacial score (nSPS) is 18.1. The van der Waals surface area contributed by atoms with Gasteiger partial charge in [0.15, 0.2) is 0 Å². The quantitative estimate of drug-likeness (QED) is 0.721. The first kappa shape index (κ1) is 24.9. The fourth-order valence-corrected chi connectivity index (χ4v) is 3.34. The minimum Gasteiger partial charge on any atom is -0.475 e. The first-order chi connectivity index (χ1) is 14.8. The molecule has 174 valence electrons. The zero-order valence-electron chi connectivity index (χ0n) is 17.3. The summed E-state index contributed by atoms with van der Waals surface area (Å²) < 4.78 is 43.2. The lowest BCUT2D eigenvalue weighted by atomic mass is 9.99. The van der Waals surface area contributed by atoms with Crippen molar-refractivity contribution in [2.24, 2.45) is 5.92 Å². The molecule has 0 unspecified atom stereocenters. The molecule has 2 heterocycles. The fourth-order valence-electron chi connectivity index (χ4n) is 3.34. The Morgan fingerprint density at radius 2 is 1.65 bits per heavy atom. The van der Waals surface area contributed by atoms with Crippen LogP contribution in [0.3, 0.4) is 0 Å². The van der Waals surface area contributed by atoms with E-state index in [1.165, 1.54) is 12.8 Å². The van der Waals surface area contributed by atoms with Gasteiger partial charge in [-0.25, -0.2) is 9.59 Å². The number of nitrogens with one attached hydrogen (secondary N) is 1. The number of nitrogens with zero attached hydrogens (tertiary/aromatic N) is 1. The van der Waals surface area contributed by atoms with E-state index in [1.807, 2.05) is 30.3 Å². The molecular weight excluding hydrogens is 417 g/mol. The number of carbonyl (C=O) groups is 2. The lowest BCUT2D eigenvalue weighted by Crippen LogP contribution is -2.41. The Labute approximate surface area is 179 Å². The Balaban J connectivity index is 0.000000423. The SMILES string of the molecule is O=C(O)C(F)(F)F.O=C(OCc1ccccc1)N1CCC(OCC2CCNCC2)CC1. The largest absolute Gasteiger partial charge is 0.490 e. The maximum atomic E-state index is 12.1. The topological polar surface area (TPSA) is 88.1 Å². The van der Waals surface area contributed by atoms with Crippen LogP contribution in [0.4, 0.5) is 18.0 Å². The van der Waals surface area contributed by atoms with Gasteiger partial charge in [-0.2, -0.15) is 13.2 Å². The summed E-state index contributed by atoms with van der Waals surface area (Å²) in [6, 6.07) is 9.80. The second-order valence-electron chi connectivity index (χ2n) is 7.56. The molecule has 7 nitrogen and oxygen atoms in total. The summed E-state index contributed by atoms with van der Waals surface area (Å²) in [5, 5.41) is 10.5. The van der Waals surface area contributed by atoms with Gasteiger partial charge in [0, 0.05) is 19.7 Å². The summed E-state index contributed by atoms with van der Waals surface area (Å²) in [7, 11) is 0. The minimum atomic E-state index is -5.08. The van der Waals surface area contributed by atoms with Gasteiger partial charge in [-0.05, 0) is 50.3 Å². The number of amides is 1. The molecule has 0 atom stereocenters. The number of benzene rings is 1. The highest BCUT2D eigenvalue weighted by molar-refractivity contribution is 5.73. The van der Waals surface area contributed by atoms with E-state index in [9.17, 15) is 18.0 Å². The maximum Gasteiger partial charge on any atom is 0.490 e. The van der Waals surface area contributed by atoms with Gasteiger partial charge in [0.25, 0.3) is 0 Å². The first-order valence-corrected chi connectivity index (χ1v) is 10.3. The number of hydrogen-bond acceptors (Lipinski definition) is 5. The molecule has 1 aromatic rings. The Hall–Kier alpha value is -2.33. The molecule has 0 bridgehead atoms. The summed E-state index contributed by atoms with van der Waals surface area (Å²) >= 11 is 0. The number of alkyl halides is 3. The van der Waals surface area contributed by atoms with Crippen molar-refractivity contribution in [2.75, 3.05) is 32.8 Å². The molecule has 2 aliphatic heterocycles. The van der Waals surface area contributed by atoms with Gasteiger partial charge in [-0.1, -0.05) is 30.3 Å². The summed E-state index contributed by atoms with van der Waals surface area (Å²) in [4.78, 5) is 22.8. The van der Waals surface area contributed by atoms with E-state index < -0.39 is 12.1 Å². The van der Waals surface area contributed by atoms with Gasteiger partial charge >= 0.3 is 18.2 Å². The third-order valence-electron chi connectivity index (χ3n) is 5.17. The molecule has 1 aromatic carbocycles. The maximum absolute atomic E-state index is 12.1. The zero-order chi connectivity index (χ0) is 22.7. The van der Waals surface area contributed by atoms with Crippen molar-refractivity contribution in [2.45, 2.75) is 44.6 Å². The Bertz CT molecular complexity index is 673. The van der Waals surface area contributed by atoms with Gasteiger partial charge in [-0.3, -0.25) is 0 Å². The molecule has 2 saturated heterocycles. The lowest BCUT2D eigenvalue weighted by molar-refractivity contribution is -0.192. The number of carboxylic acids is 1. The third kappa shape index (κ3) is 9.56. The molecule has 2 fully saturated rings. The second kappa shape index (κ2) is 12.5. The second-order valence-corrected chi connectivity index (χ2v) is 7.56. The molecular formula is C21H29F3N2O5. The molecule has 3 rings (SSSR count). The molecule has 0 spiro atoms. The van der Waals surface area contributed by atoms with Gasteiger partial charge in [0.05, 0.1) is 6.10 Å². The number of hydrogen-bond donors (Lipinski definition) is 2. The van der Waals surface area contributed by atoms with Crippen LogP contribution in [0.5, 0.6) is 0 Å². The van der Waals surface area contributed by atoms with E-state index >= 15 is 0 Å². The molecule has 2 N–H and O–H groups in total. The van der Waals surface area contributed by atoms with E-state index in [0.29, 0.717) is 12.5 Å². The fraction of sp³-hybridized carbons (Fsp3) is 0.619. The molecule has 31 heavy (non-hydrogen) atoms.